The van der Waals surface area contributed by atoms with E-state index in [2.05, 4.69) is 14.8 Å². The lowest BCUT2D eigenvalue weighted by Crippen LogP contribution is -2.53. The number of carbonyl (C=O) groups is 1. The minimum absolute atomic E-state index is 0.00204. The van der Waals surface area contributed by atoms with E-state index in [9.17, 15) is 18.7 Å². The number of rotatable bonds is 6. The summed E-state index contributed by atoms with van der Waals surface area (Å²) in [7, 11) is 1.33. The average Bonchev–Trinajstić information content (AvgIpc) is 3.20. The first-order chi connectivity index (χ1) is 13.8. The van der Waals surface area contributed by atoms with Gasteiger partial charge in [-0.05, 0) is 25.8 Å². The normalized spacial score (nSPS) is 18.2. The molecule has 2 heterocycles. The fraction of sp³-hybridized carbons (Fsp3) is 0.450. The van der Waals surface area contributed by atoms with E-state index in [-0.39, 0.29) is 12.1 Å². The van der Waals surface area contributed by atoms with E-state index in [0.29, 0.717) is 25.9 Å². The lowest BCUT2D eigenvalue weighted by Gasteiger charge is -2.43. The van der Waals surface area contributed by atoms with Gasteiger partial charge in [-0.1, -0.05) is 11.6 Å². The van der Waals surface area contributed by atoms with Crippen LogP contribution in [-0.2, 0) is 21.7 Å². The molecule has 1 aromatic heterocycles. The van der Waals surface area contributed by atoms with Crippen LogP contribution in [0.2, 0.25) is 0 Å². The van der Waals surface area contributed by atoms with Crippen molar-refractivity contribution < 1.29 is 23.4 Å². The Morgan fingerprint density at radius 3 is 2.69 bits per heavy atom. The first kappa shape index (κ1) is 21.1. The summed E-state index contributed by atoms with van der Waals surface area (Å²) in [5.74, 6) is -1.92. The van der Waals surface area contributed by atoms with E-state index < -0.39 is 29.2 Å². The lowest BCUT2D eigenvalue weighted by atomic mass is 9.84. The van der Waals surface area contributed by atoms with Gasteiger partial charge in [0.15, 0.2) is 0 Å². The Morgan fingerprint density at radius 2 is 2.10 bits per heavy atom. The number of aliphatic hydroxyl groups is 1. The predicted molar refractivity (Wildman–Crippen MR) is 101 cm³/mol. The van der Waals surface area contributed by atoms with Crippen molar-refractivity contribution in [3.8, 4) is 0 Å². The number of likely N-dealkylation sites (tertiary alicyclic amines) is 1. The summed E-state index contributed by atoms with van der Waals surface area (Å²) < 4.78 is 34.2. The standard InChI is InChI=1S/C20H24F2N4O3/c1-14(25-7-5-15(6-8-25)9-19(27)29-2)20(28,11-26-13-23-12-24-26)17-4-3-16(21)10-18(17)22/h3-4,9-10,12-14,28H,5-8,11H2,1-2H3/t14-,20-/m1/s1. The second-order valence-electron chi connectivity index (χ2n) is 7.18. The molecule has 0 amide bonds. The number of hydrogen-bond acceptors (Lipinski definition) is 6. The Bertz CT molecular complexity index is 878. The molecule has 156 valence electrons. The maximum atomic E-state index is 14.6. The smallest absolute Gasteiger partial charge is 0.330 e. The highest BCUT2D eigenvalue weighted by molar-refractivity contribution is 5.82. The number of methoxy groups -OCH3 is 1. The zero-order chi connectivity index (χ0) is 21.0. The predicted octanol–water partition coefficient (Wildman–Crippen LogP) is 2.03. The van der Waals surface area contributed by atoms with E-state index >= 15 is 0 Å². The Hall–Kier alpha value is -2.65. The maximum absolute atomic E-state index is 14.6. The topological polar surface area (TPSA) is 80.5 Å². The van der Waals surface area contributed by atoms with E-state index in [0.717, 1.165) is 17.7 Å². The van der Waals surface area contributed by atoms with Gasteiger partial charge in [-0.25, -0.2) is 23.2 Å². The van der Waals surface area contributed by atoms with Crippen molar-refractivity contribution in [1.82, 2.24) is 19.7 Å². The lowest BCUT2D eigenvalue weighted by molar-refractivity contribution is -0.134. The second kappa shape index (κ2) is 8.79. The van der Waals surface area contributed by atoms with E-state index in [1.807, 2.05) is 4.90 Å². The van der Waals surface area contributed by atoms with Crippen LogP contribution in [0.4, 0.5) is 8.78 Å². The largest absolute Gasteiger partial charge is 0.466 e. The number of aromatic nitrogens is 3. The zero-order valence-electron chi connectivity index (χ0n) is 16.4. The Morgan fingerprint density at radius 1 is 1.38 bits per heavy atom. The van der Waals surface area contributed by atoms with Crippen LogP contribution in [0, 0.1) is 11.6 Å². The SMILES string of the molecule is COC(=O)C=C1CCN([C@H](C)[C@](O)(Cn2cncn2)c2ccc(F)cc2F)CC1. The summed E-state index contributed by atoms with van der Waals surface area (Å²) in [6.45, 7) is 2.91. The van der Waals surface area contributed by atoms with Gasteiger partial charge < -0.3 is 9.84 Å². The molecule has 1 fully saturated rings. The average molecular weight is 406 g/mol. The fourth-order valence-corrected chi connectivity index (χ4v) is 3.71. The number of nitrogens with zero attached hydrogens (tertiary/aromatic N) is 4. The van der Waals surface area contributed by atoms with E-state index in [4.69, 9.17) is 0 Å². The highest BCUT2D eigenvalue weighted by atomic mass is 19.1. The van der Waals surface area contributed by atoms with Gasteiger partial charge in [-0.2, -0.15) is 5.10 Å². The quantitative estimate of drug-likeness (QED) is 0.584. The van der Waals surface area contributed by atoms with Crippen LogP contribution in [0.1, 0.15) is 25.3 Å². The molecule has 0 spiro atoms. The molecule has 1 aromatic carbocycles. The molecule has 2 atom stereocenters. The summed E-state index contributed by atoms with van der Waals surface area (Å²) in [4.78, 5) is 17.3. The Labute approximate surface area is 167 Å². The zero-order valence-corrected chi connectivity index (χ0v) is 16.4. The van der Waals surface area contributed by atoms with Crippen LogP contribution in [0.5, 0.6) is 0 Å². The molecular formula is C20H24F2N4O3. The summed E-state index contributed by atoms with van der Waals surface area (Å²) in [6.07, 6.45) is 5.52. The van der Waals surface area contributed by atoms with Crippen molar-refractivity contribution >= 4 is 5.97 Å². The summed E-state index contributed by atoms with van der Waals surface area (Å²) in [5.41, 5.74) is -0.708. The molecule has 2 aromatic rings. The monoisotopic (exact) mass is 406 g/mol. The van der Waals surface area contributed by atoms with Crippen molar-refractivity contribution in [2.24, 2.45) is 0 Å². The first-order valence-electron chi connectivity index (χ1n) is 9.35. The number of halogens is 2. The van der Waals surface area contributed by atoms with Crippen molar-refractivity contribution in [1.29, 1.82) is 0 Å². The molecule has 29 heavy (non-hydrogen) atoms. The van der Waals surface area contributed by atoms with E-state index in [1.165, 1.54) is 36.6 Å². The molecule has 9 heteroatoms. The third kappa shape index (κ3) is 4.68. The van der Waals surface area contributed by atoms with Crippen molar-refractivity contribution in [2.45, 2.75) is 38.0 Å². The third-order valence-corrected chi connectivity index (χ3v) is 5.47. The van der Waals surface area contributed by atoms with Gasteiger partial charge in [0.2, 0.25) is 0 Å². The van der Waals surface area contributed by atoms with Gasteiger partial charge in [0, 0.05) is 36.8 Å². The van der Waals surface area contributed by atoms with Crippen LogP contribution in [0.15, 0.2) is 42.5 Å². The number of piperidine rings is 1. The number of hydrogen-bond donors (Lipinski definition) is 1. The minimum atomic E-state index is -1.67. The molecule has 1 saturated heterocycles. The van der Waals surface area contributed by atoms with Gasteiger partial charge in [0.25, 0.3) is 0 Å². The molecule has 0 bridgehead atoms. The molecular weight excluding hydrogens is 382 g/mol. The molecule has 3 rings (SSSR count). The number of esters is 1. The van der Waals surface area contributed by atoms with Gasteiger partial charge in [0.1, 0.15) is 29.9 Å². The maximum Gasteiger partial charge on any atom is 0.330 e. The van der Waals surface area contributed by atoms with Crippen LogP contribution in [0.25, 0.3) is 0 Å². The van der Waals surface area contributed by atoms with Crippen molar-refractivity contribution in [2.75, 3.05) is 20.2 Å². The van der Waals surface area contributed by atoms with E-state index in [1.54, 1.807) is 6.92 Å². The molecule has 1 N–H and O–H groups in total. The number of carbonyl (C=O) groups excluding carboxylic acids is 1. The molecule has 7 nitrogen and oxygen atoms in total. The fourth-order valence-electron chi connectivity index (χ4n) is 3.71. The molecule has 0 unspecified atom stereocenters. The number of ether oxygens (including phenoxy) is 1. The van der Waals surface area contributed by atoms with Gasteiger partial charge in [-0.3, -0.25) is 4.90 Å². The summed E-state index contributed by atoms with van der Waals surface area (Å²) >= 11 is 0. The number of benzene rings is 1. The highest BCUT2D eigenvalue weighted by Crippen LogP contribution is 2.34. The molecule has 0 radical (unpaired) electrons. The summed E-state index contributed by atoms with van der Waals surface area (Å²) in [6, 6.07) is 2.66. The van der Waals surface area contributed by atoms with Gasteiger partial charge >= 0.3 is 5.97 Å². The molecule has 1 aliphatic heterocycles. The van der Waals surface area contributed by atoms with Crippen LogP contribution < -0.4 is 0 Å². The summed E-state index contributed by atoms with van der Waals surface area (Å²) in [5, 5.41) is 15.6. The third-order valence-electron chi connectivity index (χ3n) is 5.47. The Balaban J connectivity index is 1.86. The molecule has 1 aliphatic rings. The minimum Gasteiger partial charge on any atom is -0.466 e. The highest BCUT2D eigenvalue weighted by Gasteiger charge is 2.42. The van der Waals surface area contributed by atoms with Crippen molar-refractivity contribution in [3.05, 3.63) is 59.7 Å². The van der Waals surface area contributed by atoms with Crippen LogP contribution in [-0.4, -0.2) is 57.0 Å². The molecule has 0 saturated carbocycles. The van der Waals surface area contributed by atoms with Crippen LogP contribution >= 0.6 is 0 Å². The van der Waals surface area contributed by atoms with Crippen LogP contribution in [0.3, 0.4) is 0 Å². The van der Waals surface area contributed by atoms with Gasteiger partial charge in [0.05, 0.1) is 13.7 Å². The van der Waals surface area contributed by atoms with Crippen molar-refractivity contribution in [3.63, 3.8) is 0 Å². The first-order valence-corrected chi connectivity index (χ1v) is 9.35. The Kier molecular flexibility index (Phi) is 6.39. The van der Waals surface area contributed by atoms with Gasteiger partial charge in [-0.15, -0.1) is 0 Å². The molecule has 0 aliphatic carbocycles. The second-order valence-corrected chi connectivity index (χ2v) is 7.18.